The number of pyridine rings is 1. The summed E-state index contributed by atoms with van der Waals surface area (Å²) in [5.74, 6) is 0.410. The van der Waals surface area contributed by atoms with Crippen molar-refractivity contribution >= 4 is 10.0 Å². The van der Waals surface area contributed by atoms with Crippen molar-refractivity contribution in [2.45, 2.75) is 44.0 Å². The lowest BCUT2D eigenvalue weighted by molar-refractivity contribution is 0.326. The quantitative estimate of drug-likeness (QED) is 0.716. The third-order valence-corrected chi connectivity index (χ3v) is 4.33. The molecule has 0 spiro atoms. The van der Waals surface area contributed by atoms with Gasteiger partial charge in [0.05, 0.1) is 12.8 Å². The number of hydrogen-bond acceptors (Lipinski definition) is 5. The van der Waals surface area contributed by atoms with Gasteiger partial charge in [0.2, 0.25) is 15.9 Å². The normalized spacial score (nSPS) is 13.2. The second-order valence-corrected chi connectivity index (χ2v) is 6.18. The molecule has 0 radical (unpaired) electrons. The number of ether oxygens (including phenoxy) is 1. The largest absolute Gasteiger partial charge is 0.478 e. The molecule has 0 bridgehead atoms. The van der Waals surface area contributed by atoms with Crippen molar-refractivity contribution in [1.82, 2.24) is 9.71 Å². The Bertz CT molecular complexity index is 488. The molecule has 1 aromatic heterocycles. The highest BCUT2D eigenvalue weighted by atomic mass is 32.2. The van der Waals surface area contributed by atoms with Crippen LogP contribution in [0, 0.1) is 0 Å². The number of aromatic nitrogens is 1. The van der Waals surface area contributed by atoms with Crippen LogP contribution in [0.4, 0.5) is 0 Å². The Morgan fingerprint density at radius 1 is 1.40 bits per heavy atom. The van der Waals surface area contributed by atoms with Crippen LogP contribution in [0.5, 0.6) is 5.88 Å². The van der Waals surface area contributed by atoms with E-state index in [0.29, 0.717) is 12.5 Å². The number of rotatable bonds is 9. The lowest BCUT2D eigenvalue weighted by atomic mass is 10.1. The average molecular weight is 301 g/mol. The standard InChI is InChI=1S/C13H23N3O3S/c1-3-5-6-11(9-14)16-20(17,18)12-7-8-13(15-10-12)19-4-2/h7-8,10-11,16H,3-6,9,14H2,1-2H3/t11-/m1/s1. The van der Waals surface area contributed by atoms with Crippen molar-refractivity contribution in [2.75, 3.05) is 13.2 Å². The minimum absolute atomic E-state index is 0.121. The Balaban J connectivity index is 2.76. The van der Waals surface area contributed by atoms with Gasteiger partial charge in [-0.2, -0.15) is 0 Å². The molecule has 0 aromatic carbocycles. The van der Waals surface area contributed by atoms with Crippen LogP contribution in [-0.2, 0) is 10.0 Å². The van der Waals surface area contributed by atoms with Crippen LogP contribution >= 0.6 is 0 Å². The fourth-order valence-electron chi connectivity index (χ4n) is 1.72. The van der Waals surface area contributed by atoms with E-state index in [1.165, 1.54) is 12.3 Å². The van der Waals surface area contributed by atoms with E-state index in [-0.39, 0.29) is 17.5 Å². The SMILES string of the molecule is CCCC[C@H](CN)NS(=O)(=O)c1ccc(OCC)nc1. The first-order valence-corrected chi connectivity index (χ1v) is 8.33. The van der Waals surface area contributed by atoms with Crippen molar-refractivity contribution in [1.29, 1.82) is 0 Å². The smallest absolute Gasteiger partial charge is 0.242 e. The number of nitrogens with zero attached hydrogens (tertiary/aromatic N) is 1. The molecule has 20 heavy (non-hydrogen) atoms. The van der Waals surface area contributed by atoms with E-state index in [0.717, 1.165) is 19.3 Å². The molecule has 0 unspecified atom stereocenters. The molecule has 114 valence electrons. The molecule has 1 rings (SSSR count). The van der Waals surface area contributed by atoms with Crippen LogP contribution in [0.15, 0.2) is 23.2 Å². The van der Waals surface area contributed by atoms with Gasteiger partial charge in [-0.1, -0.05) is 19.8 Å². The Kier molecular flexibility index (Phi) is 6.90. The van der Waals surface area contributed by atoms with Crippen molar-refractivity contribution < 1.29 is 13.2 Å². The zero-order valence-electron chi connectivity index (χ0n) is 12.0. The predicted molar refractivity (Wildman–Crippen MR) is 78.1 cm³/mol. The third kappa shape index (κ3) is 5.07. The maximum atomic E-state index is 12.2. The Morgan fingerprint density at radius 3 is 2.65 bits per heavy atom. The van der Waals surface area contributed by atoms with Gasteiger partial charge in [0, 0.05) is 18.7 Å². The van der Waals surface area contributed by atoms with E-state index >= 15 is 0 Å². The fraction of sp³-hybridized carbons (Fsp3) is 0.615. The second kappa shape index (κ2) is 8.18. The van der Waals surface area contributed by atoms with Crippen LogP contribution in [0.2, 0.25) is 0 Å². The highest BCUT2D eigenvalue weighted by Gasteiger charge is 2.19. The number of nitrogens with one attached hydrogen (secondary N) is 1. The summed E-state index contributed by atoms with van der Waals surface area (Å²) in [6.07, 6.45) is 3.96. The maximum absolute atomic E-state index is 12.2. The summed E-state index contributed by atoms with van der Waals surface area (Å²) in [6.45, 7) is 4.67. The summed E-state index contributed by atoms with van der Waals surface area (Å²) >= 11 is 0. The molecule has 6 nitrogen and oxygen atoms in total. The van der Waals surface area contributed by atoms with Gasteiger partial charge in [-0.25, -0.2) is 18.1 Å². The summed E-state index contributed by atoms with van der Waals surface area (Å²) < 4.78 is 32.2. The summed E-state index contributed by atoms with van der Waals surface area (Å²) in [5, 5.41) is 0. The Labute approximate surface area is 120 Å². The molecule has 7 heteroatoms. The minimum Gasteiger partial charge on any atom is -0.478 e. The fourth-order valence-corrected chi connectivity index (χ4v) is 2.95. The molecular formula is C13H23N3O3S. The van der Waals surface area contributed by atoms with Gasteiger partial charge in [0.1, 0.15) is 4.90 Å². The summed E-state index contributed by atoms with van der Waals surface area (Å²) in [4.78, 5) is 4.08. The molecule has 0 saturated heterocycles. The molecule has 0 saturated carbocycles. The van der Waals surface area contributed by atoms with Crippen molar-refractivity contribution in [3.8, 4) is 5.88 Å². The Hall–Kier alpha value is -1.18. The van der Waals surface area contributed by atoms with E-state index in [4.69, 9.17) is 10.5 Å². The number of hydrogen-bond donors (Lipinski definition) is 2. The van der Waals surface area contributed by atoms with Crippen molar-refractivity contribution in [3.63, 3.8) is 0 Å². The average Bonchev–Trinajstić information content (AvgIpc) is 2.44. The highest BCUT2D eigenvalue weighted by molar-refractivity contribution is 7.89. The summed E-state index contributed by atoms with van der Waals surface area (Å²) in [5.41, 5.74) is 5.60. The van der Waals surface area contributed by atoms with Crippen LogP contribution in [-0.4, -0.2) is 32.6 Å². The first-order chi connectivity index (χ1) is 9.53. The molecular weight excluding hydrogens is 278 g/mol. The topological polar surface area (TPSA) is 94.3 Å². The number of nitrogens with two attached hydrogens (primary N) is 1. The maximum Gasteiger partial charge on any atom is 0.242 e. The van der Waals surface area contributed by atoms with Gasteiger partial charge in [-0.05, 0) is 19.4 Å². The molecule has 0 fully saturated rings. The van der Waals surface area contributed by atoms with E-state index in [9.17, 15) is 8.42 Å². The molecule has 1 heterocycles. The van der Waals surface area contributed by atoms with E-state index in [2.05, 4.69) is 16.6 Å². The number of unbranched alkanes of at least 4 members (excludes halogenated alkanes) is 1. The van der Waals surface area contributed by atoms with Crippen LogP contribution in [0.25, 0.3) is 0 Å². The van der Waals surface area contributed by atoms with E-state index < -0.39 is 10.0 Å². The molecule has 0 amide bonds. The van der Waals surface area contributed by atoms with Gasteiger partial charge >= 0.3 is 0 Å². The molecule has 0 aliphatic carbocycles. The Morgan fingerprint density at radius 2 is 2.15 bits per heavy atom. The van der Waals surface area contributed by atoms with Crippen molar-refractivity contribution in [3.05, 3.63) is 18.3 Å². The lowest BCUT2D eigenvalue weighted by Gasteiger charge is -2.16. The van der Waals surface area contributed by atoms with Crippen LogP contribution < -0.4 is 15.2 Å². The van der Waals surface area contributed by atoms with Gasteiger partial charge < -0.3 is 10.5 Å². The second-order valence-electron chi connectivity index (χ2n) is 4.46. The van der Waals surface area contributed by atoms with Crippen molar-refractivity contribution in [2.24, 2.45) is 5.73 Å². The van der Waals surface area contributed by atoms with Crippen LogP contribution in [0.1, 0.15) is 33.1 Å². The van der Waals surface area contributed by atoms with Crippen LogP contribution in [0.3, 0.4) is 0 Å². The molecule has 3 N–H and O–H groups in total. The zero-order valence-corrected chi connectivity index (χ0v) is 12.8. The predicted octanol–water partition coefficient (Wildman–Crippen LogP) is 1.28. The third-order valence-electron chi connectivity index (χ3n) is 2.82. The van der Waals surface area contributed by atoms with Gasteiger partial charge in [0.25, 0.3) is 0 Å². The first kappa shape index (κ1) is 16.9. The molecule has 0 aliphatic rings. The monoisotopic (exact) mass is 301 g/mol. The first-order valence-electron chi connectivity index (χ1n) is 6.84. The number of sulfonamides is 1. The lowest BCUT2D eigenvalue weighted by Crippen LogP contribution is -2.40. The summed E-state index contributed by atoms with van der Waals surface area (Å²) in [7, 11) is -3.58. The zero-order chi connectivity index (χ0) is 15.0. The molecule has 0 aliphatic heterocycles. The molecule has 1 aromatic rings. The minimum atomic E-state index is -3.58. The van der Waals surface area contributed by atoms with Gasteiger partial charge in [-0.15, -0.1) is 0 Å². The van der Waals surface area contributed by atoms with Gasteiger partial charge in [0.15, 0.2) is 0 Å². The molecule has 1 atom stereocenters. The van der Waals surface area contributed by atoms with E-state index in [1.807, 2.05) is 6.92 Å². The summed E-state index contributed by atoms with van der Waals surface area (Å²) in [6, 6.07) is 2.78. The van der Waals surface area contributed by atoms with E-state index in [1.54, 1.807) is 6.07 Å². The van der Waals surface area contributed by atoms with Gasteiger partial charge in [-0.3, -0.25) is 0 Å². The highest BCUT2D eigenvalue weighted by Crippen LogP contribution is 2.13.